The Morgan fingerprint density at radius 3 is 2.44 bits per heavy atom. The largest absolute Gasteiger partial charge is 0.497 e. The Labute approximate surface area is 148 Å². The monoisotopic (exact) mass is 340 g/mol. The lowest BCUT2D eigenvalue weighted by atomic mass is 10.2. The summed E-state index contributed by atoms with van der Waals surface area (Å²) < 4.78 is 10.9. The molecule has 3 rings (SSSR count). The van der Waals surface area contributed by atoms with Crippen LogP contribution in [0.25, 0.3) is 0 Å². The molecule has 0 saturated carbocycles. The fraction of sp³-hybridized carbons (Fsp3) is 0.350. The topological polar surface area (TPSA) is 50.8 Å². The molecule has 5 heteroatoms. The predicted octanol–water partition coefficient (Wildman–Crippen LogP) is 3.70. The Kier molecular flexibility index (Phi) is 5.43. The fourth-order valence-corrected chi connectivity index (χ4v) is 2.91. The molecule has 0 aromatic heterocycles. The number of carbonyl (C=O) groups is 1. The van der Waals surface area contributed by atoms with Gasteiger partial charge in [0.15, 0.2) is 6.10 Å². The zero-order valence-electron chi connectivity index (χ0n) is 14.7. The van der Waals surface area contributed by atoms with Crippen molar-refractivity contribution in [2.75, 3.05) is 30.4 Å². The summed E-state index contributed by atoms with van der Waals surface area (Å²) in [6, 6.07) is 15.2. The number of amides is 1. The van der Waals surface area contributed by atoms with Crippen molar-refractivity contribution in [3.8, 4) is 11.5 Å². The summed E-state index contributed by atoms with van der Waals surface area (Å²) in [5.74, 6) is 1.12. The van der Waals surface area contributed by atoms with Gasteiger partial charge in [0.1, 0.15) is 11.5 Å². The maximum absolute atomic E-state index is 12.3. The first kappa shape index (κ1) is 17.1. The van der Waals surface area contributed by atoms with Crippen LogP contribution in [-0.4, -0.2) is 32.2 Å². The third-order valence-electron chi connectivity index (χ3n) is 4.33. The number of rotatable bonds is 6. The highest BCUT2D eigenvalue weighted by Crippen LogP contribution is 2.23. The van der Waals surface area contributed by atoms with Gasteiger partial charge in [0, 0.05) is 30.5 Å². The second-order valence-electron chi connectivity index (χ2n) is 6.17. The molecule has 0 radical (unpaired) electrons. The van der Waals surface area contributed by atoms with Gasteiger partial charge in [0.05, 0.1) is 7.11 Å². The maximum Gasteiger partial charge on any atom is 0.265 e. The summed E-state index contributed by atoms with van der Waals surface area (Å²) in [4.78, 5) is 14.7. The summed E-state index contributed by atoms with van der Waals surface area (Å²) in [5, 5.41) is 2.89. The van der Waals surface area contributed by atoms with Crippen LogP contribution in [0.2, 0.25) is 0 Å². The molecule has 132 valence electrons. The Hall–Kier alpha value is -2.69. The van der Waals surface area contributed by atoms with Crippen LogP contribution < -0.4 is 19.7 Å². The summed E-state index contributed by atoms with van der Waals surface area (Å²) in [5.41, 5.74) is 1.98. The Balaban J connectivity index is 1.57. The zero-order valence-corrected chi connectivity index (χ0v) is 14.7. The molecule has 1 N–H and O–H groups in total. The predicted molar refractivity (Wildman–Crippen MR) is 99.6 cm³/mol. The SMILES string of the molecule is COc1cccc(OC(C)C(=O)Nc2ccc(N3CCCC3)cc2)c1. The minimum atomic E-state index is -0.606. The van der Waals surface area contributed by atoms with Gasteiger partial charge in [-0.3, -0.25) is 4.79 Å². The summed E-state index contributed by atoms with van der Waals surface area (Å²) in [6.45, 7) is 3.95. The molecule has 1 unspecified atom stereocenters. The second kappa shape index (κ2) is 7.92. The van der Waals surface area contributed by atoms with Gasteiger partial charge in [-0.05, 0) is 56.2 Å². The van der Waals surface area contributed by atoms with E-state index < -0.39 is 6.10 Å². The van der Waals surface area contributed by atoms with E-state index in [4.69, 9.17) is 9.47 Å². The molecule has 2 aromatic carbocycles. The first-order valence-corrected chi connectivity index (χ1v) is 8.62. The molecule has 1 fully saturated rings. The van der Waals surface area contributed by atoms with Gasteiger partial charge < -0.3 is 19.7 Å². The molecule has 1 aliphatic heterocycles. The number of nitrogens with zero attached hydrogens (tertiary/aromatic N) is 1. The van der Waals surface area contributed by atoms with Gasteiger partial charge in [-0.1, -0.05) is 6.07 Å². The van der Waals surface area contributed by atoms with Gasteiger partial charge >= 0.3 is 0 Å². The second-order valence-corrected chi connectivity index (χ2v) is 6.17. The van der Waals surface area contributed by atoms with Crippen LogP contribution in [0.15, 0.2) is 48.5 Å². The average molecular weight is 340 g/mol. The molecule has 0 spiro atoms. The van der Waals surface area contributed by atoms with Crippen LogP contribution >= 0.6 is 0 Å². The lowest BCUT2D eigenvalue weighted by molar-refractivity contribution is -0.122. The molecule has 1 amide bonds. The quantitative estimate of drug-likeness (QED) is 0.871. The van der Waals surface area contributed by atoms with Crippen LogP contribution in [-0.2, 0) is 4.79 Å². The Bertz CT molecular complexity index is 709. The van der Waals surface area contributed by atoms with E-state index in [1.807, 2.05) is 24.3 Å². The number of anilines is 2. The summed E-state index contributed by atoms with van der Waals surface area (Å²) in [7, 11) is 1.60. The van der Waals surface area contributed by atoms with E-state index in [1.165, 1.54) is 18.5 Å². The number of nitrogens with one attached hydrogen (secondary N) is 1. The van der Waals surface area contributed by atoms with E-state index in [0.29, 0.717) is 11.5 Å². The highest BCUT2D eigenvalue weighted by molar-refractivity contribution is 5.94. The number of methoxy groups -OCH3 is 1. The van der Waals surface area contributed by atoms with Crippen LogP contribution in [0.3, 0.4) is 0 Å². The van der Waals surface area contributed by atoms with E-state index in [9.17, 15) is 4.79 Å². The molecule has 1 saturated heterocycles. The van der Waals surface area contributed by atoms with Gasteiger partial charge in [-0.2, -0.15) is 0 Å². The van der Waals surface area contributed by atoms with E-state index in [2.05, 4.69) is 22.3 Å². The third kappa shape index (κ3) is 4.44. The molecular weight excluding hydrogens is 316 g/mol. The first-order valence-electron chi connectivity index (χ1n) is 8.62. The normalized spacial score (nSPS) is 14.9. The third-order valence-corrected chi connectivity index (χ3v) is 4.33. The molecule has 25 heavy (non-hydrogen) atoms. The minimum Gasteiger partial charge on any atom is -0.497 e. The summed E-state index contributed by atoms with van der Waals surface area (Å²) >= 11 is 0. The molecule has 0 aliphatic carbocycles. The molecule has 5 nitrogen and oxygen atoms in total. The Morgan fingerprint density at radius 2 is 1.76 bits per heavy atom. The molecule has 1 heterocycles. The van der Waals surface area contributed by atoms with Crippen molar-refractivity contribution in [2.45, 2.75) is 25.9 Å². The Morgan fingerprint density at radius 1 is 1.08 bits per heavy atom. The average Bonchev–Trinajstić information content (AvgIpc) is 3.17. The molecule has 2 aromatic rings. The zero-order chi connectivity index (χ0) is 17.6. The smallest absolute Gasteiger partial charge is 0.265 e. The lowest BCUT2D eigenvalue weighted by Gasteiger charge is -2.18. The van der Waals surface area contributed by atoms with Crippen molar-refractivity contribution >= 4 is 17.3 Å². The molecular formula is C20H24N2O3. The highest BCUT2D eigenvalue weighted by Gasteiger charge is 2.16. The molecule has 1 atom stereocenters. The van der Waals surface area contributed by atoms with Gasteiger partial charge in [0.25, 0.3) is 5.91 Å². The number of hydrogen-bond acceptors (Lipinski definition) is 4. The lowest BCUT2D eigenvalue weighted by Crippen LogP contribution is -2.30. The van der Waals surface area contributed by atoms with Crippen LogP contribution in [0.4, 0.5) is 11.4 Å². The number of hydrogen-bond donors (Lipinski definition) is 1. The first-order chi connectivity index (χ1) is 12.2. The highest BCUT2D eigenvalue weighted by atomic mass is 16.5. The van der Waals surface area contributed by atoms with E-state index in [1.54, 1.807) is 26.2 Å². The fourth-order valence-electron chi connectivity index (χ4n) is 2.91. The van der Waals surface area contributed by atoms with Crippen molar-refractivity contribution < 1.29 is 14.3 Å². The summed E-state index contributed by atoms with van der Waals surface area (Å²) in [6.07, 6.45) is 1.89. The number of carbonyl (C=O) groups excluding carboxylic acids is 1. The van der Waals surface area contributed by atoms with Crippen molar-refractivity contribution in [1.82, 2.24) is 0 Å². The minimum absolute atomic E-state index is 0.184. The van der Waals surface area contributed by atoms with E-state index in [0.717, 1.165) is 18.8 Å². The molecule has 0 bridgehead atoms. The van der Waals surface area contributed by atoms with Crippen molar-refractivity contribution in [1.29, 1.82) is 0 Å². The molecule has 1 aliphatic rings. The van der Waals surface area contributed by atoms with Crippen LogP contribution in [0.1, 0.15) is 19.8 Å². The number of ether oxygens (including phenoxy) is 2. The van der Waals surface area contributed by atoms with Crippen LogP contribution in [0, 0.1) is 0 Å². The van der Waals surface area contributed by atoms with Gasteiger partial charge in [-0.25, -0.2) is 0 Å². The van der Waals surface area contributed by atoms with E-state index in [-0.39, 0.29) is 5.91 Å². The number of benzene rings is 2. The van der Waals surface area contributed by atoms with Gasteiger partial charge in [0.2, 0.25) is 0 Å². The van der Waals surface area contributed by atoms with Crippen molar-refractivity contribution in [3.05, 3.63) is 48.5 Å². The van der Waals surface area contributed by atoms with Crippen molar-refractivity contribution in [2.24, 2.45) is 0 Å². The maximum atomic E-state index is 12.3. The standard InChI is InChI=1S/C20H24N2O3/c1-15(25-19-7-5-6-18(14-19)24-2)20(23)21-16-8-10-17(11-9-16)22-12-3-4-13-22/h5-11,14-15H,3-4,12-13H2,1-2H3,(H,21,23). The van der Waals surface area contributed by atoms with Gasteiger partial charge in [-0.15, -0.1) is 0 Å². The van der Waals surface area contributed by atoms with Crippen molar-refractivity contribution in [3.63, 3.8) is 0 Å². The van der Waals surface area contributed by atoms with E-state index >= 15 is 0 Å². The van der Waals surface area contributed by atoms with Crippen LogP contribution in [0.5, 0.6) is 11.5 Å².